The minimum absolute atomic E-state index is 0.101. The molecular weight excluding hydrogens is 350 g/mol. The molecule has 0 atom stereocenters. The van der Waals surface area contributed by atoms with Gasteiger partial charge in [0.1, 0.15) is 6.54 Å². The fraction of sp³-hybridized carbons (Fsp3) is 0.235. The molecular formula is C17H18ClNO4S. The van der Waals surface area contributed by atoms with E-state index < -0.39 is 22.5 Å². The van der Waals surface area contributed by atoms with Crippen LogP contribution in [-0.4, -0.2) is 28.0 Å². The zero-order chi connectivity index (χ0) is 17.9. The highest BCUT2D eigenvalue weighted by molar-refractivity contribution is 7.92. The number of nitrogens with zero attached hydrogens (tertiary/aromatic N) is 1. The zero-order valence-corrected chi connectivity index (χ0v) is 15.2. The van der Waals surface area contributed by atoms with Crippen molar-refractivity contribution in [3.63, 3.8) is 0 Å². The number of carbonyl (C=O) groups excluding carboxylic acids is 1. The molecule has 0 unspecified atom stereocenters. The molecule has 0 aliphatic heterocycles. The number of halogens is 1. The molecule has 2 aromatic carbocycles. The van der Waals surface area contributed by atoms with Crippen molar-refractivity contribution in [1.29, 1.82) is 0 Å². The Kier molecular flexibility index (Phi) is 5.51. The van der Waals surface area contributed by atoms with Crippen LogP contribution in [0.1, 0.15) is 11.1 Å². The van der Waals surface area contributed by atoms with Crippen LogP contribution in [0.3, 0.4) is 0 Å². The van der Waals surface area contributed by atoms with Crippen molar-refractivity contribution in [2.24, 2.45) is 0 Å². The van der Waals surface area contributed by atoms with Gasteiger partial charge in [-0.2, -0.15) is 0 Å². The molecule has 7 heteroatoms. The van der Waals surface area contributed by atoms with Crippen LogP contribution in [0.15, 0.2) is 47.4 Å². The predicted molar refractivity (Wildman–Crippen MR) is 93.9 cm³/mol. The number of aryl methyl sites for hydroxylation is 2. The highest BCUT2D eigenvalue weighted by atomic mass is 35.5. The third-order valence-electron chi connectivity index (χ3n) is 3.54. The normalized spacial score (nSPS) is 11.2. The number of esters is 1. The summed E-state index contributed by atoms with van der Waals surface area (Å²) >= 11 is 6.01. The van der Waals surface area contributed by atoms with Crippen LogP contribution in [0.4, 0.5) is 5.69 Å². The molecule has 0 bridgehead atoms. The SMILES string of the molecule is COC(=O)CN(c1ccc(Cl)c(C)c1)S(=O)(=O)c1ccc(C)cc1. The Morgan fingerprint density at radius 2 is 1.75 bits per heavy atom. The molecule has 0 heterocycles. The fourth-order valence-corrected chi connectivity index (χ4v) is 3.64. The lowest BCUT2D eigenvalue weighted by atomic mass is 10.2. The van der Waals surface area contributed by atoms with E-state index in [0.29, 0.717) is 16.3 Å². The van der Waals surface area contributed by atoms with Crippen LogP contribution in [-0.2, 0) is 19.6 Å². The molecule has 0 aromatic heterocycles. The molecule has 0 amide bonds. The van der Waals surface area contributed by atoms with Crippen molar-refractivity contribution in [2.75, 3.05) is 18.0 Å². The first-order valence-electron chi connectivity index (χ1n) is 7.18. The van der Waals surface area contributed by atoms with E-state index in [4.69, 9.17) is 11.6 Å². The number of benzene rings is 2. The molecule has 0 saturated carbocycles. The second kappa shape index (κ2) is 7.23. The van der Waals surface area contributed by atoms with Crippen molar-refractivity contribution in [3.8, 4) is 0 Å². The summed E-state index contributed by atoms with van der Waals surface area (Å²) in [5.41, 5.74) is 2.00. The van der Waals surface area contributed by atoms with E-state index in [1.165, 1.54) is 19.2 Å². The van der Waals surface area contributed by atoms with Crippen LogP contribution in [0.2, 0.25) is 5.02 Å². The van der Waals surface area contributed by atoms with Gasteiger partial charge in [0, 0.05) is 5.02 Å². The number of anilines is 1. The van der Waals surface area contributed by atoms with Gasteiger partial charge in [0.15, 0.2) is 0 Å². The minimum Gasteiger partial charge on any atom is -0.468 e. The van der Waals surface area contributed by atoms with Gasteiger partial charge in [-0.15, -0.1) is 0 Å². The molecule has 2 aromatic rings. The molecule has 0 spiro atoms. The van der Waals surface area contributed by atoms with Gasteiger partial charge in [0.05, 0.1) is 17.7 Å². The Morgan fingerprint density at radius 1 is 1.12 bits per heavy atom. The highest BCUT2D eigenvalue weighted by Gasteiger charge is 2.27. The third-order valence-corrected chi connectivity index (χ3v) is 5.75. The topological polar surface area (TPSA) is 63.7 Å². The zero-order valence-electron chi connectivity index (χ0n) is 13.6. The van der Waals surface area contributed by atoms with Gasteiger partial charge < -0.3 is 4.74 Å². The molecule has 2 rings (SSSR count). The van der Waals surface area contributed by atoms with E-state index in [0.717, 1.165) is 9.87 Å². The Morgan fingerprint density at radius 3 is 2.29 bits per heavy atom. The second-order valence-corrected chi connectivity index (χ2v) is 7.60. The highest BCUT2D eigenvalue weighted by Crippen LogP contribution is 2.27. The van der Waals surface area contributed by atoms with Crippen LogP contribution in [0.5, 0.6) is 0 Å². The number of methoxy groups -OCH3 is 1. The first-order valence-corrected chi connectivity index (χ1v) is 9.00. The summed E-state index contributed by atoms with van der Waals surface area (Å²) in [5, 5.41) is 0.518. The van der Waals surface area contributed by atoms with Gasteiger partial charge >= 0.3 is 5.97 Å². The van der Waals surface area contributed by atoms with E-state index in [9.17, 15) is 13.2 Å². The van der Waals surface area contributed by atoms with Crippen LogP contribution in [0.25, 0.3) is 0 Å². The van der Waals surface area contributed by atoms with Crippen molar-refractivity contribution in [3.05, 3.63) is 58.6 Å². The Labute approximate surface area is 146 Å². The number of sulfonamides is 1. The minimum atomic E-state index is -3.92. The van der Waals surface area contributed by atoms with E-state index >= 15 is 0 Å². The van der Waals surface area contributed by atoms with Crippen molar-refractivity contribution in [1.82, 2.24) is 0 Å². The maximum absolute atomic E-state index is 13.0. The average Bonchev–Trinajstić information content (AvgIpc) is 2.55. The summed E-state index contributed by atoms with van der Waals surface area (Å²) in [6, 6.07) is 11.2. The second-order valence-electron chi connectivity index (χ2n) is 5.33. The van der Waals surface area contributed by atoms with E-state index in [1.807, 2.05) is 6.92 Å². The average molecular weight is 368 g/mol. The summed E-state index contributed by atoms with van der Waals surface area (Å²) in [6.07, 6.45) is 0. The monoisotopic (exact) mass is 367 g/mol. The van der Waals surface area contributed by atoms with Gasteiger partial charge in [-0.25, -0.2) is 8.42 Å². The lowest BCUT2D eigenvalue weighted by Crippen LogP contribution is -2.36. The standard InChI is InChI=1S/C17H18ClNO4S/c1-12-4-7-15(8-5-12)24(21,22)19(11-17(20)23-3)14-6-9-16(18)13(2)10-14/h4-10H,11H2,1-3H3. The van der Waals surface area contributed by atoms with Gasteiger partial charge in [-0.05, 0) is 49.7 Å². The lowest BCUT2D eigenvalue weighted by Gasteiger charge is -2.24. The molecule has 0 N–H and O–H groups in total. The summed E-state index contributed by atoms with van der Waals surface area (Å²) < 4.78 is 31.6. The Balaban J connectivity index is 2.54. The number of rotatable bonds is 5. The van der Waals surface area contributed by atoms with Gasteiger partial charge in [-0.3, -0.25) is 9.10 Å². The van der Waals surface area contributed by atoms with Crippen LogP contribution < -0.4 is 4.31 Å². The number of hydrogen-bond donors (Lipinski definition) is 0. The molecule has 0 radical (unpaired) electrons. The molecule has 0 fully saturated rings. The van der Waals surface area contributed by atoms with E-state index in [2.05, 4.69) is 4.74 Å². The smallest absolute Gasteiger partial charge is 0.326 e. The summed E-state index contributed by atoms with van der Waals surface area (Å²) in [4.78, 5) is 11.8. The van der Waals surface area contributed by atoms with Crippen molar-refractivity contribution >= 4 is 33.3 Å². The number of ether oxygens (including phenoxy) is 1. The van der Waals surface area contributed by atoms with Gasteiger partial charge in [-0.1, -0.05) is 29.3 Å². The van der Waals surface area contributed by atoms with Gasteiger partial charge in [0.2, 0.25) is 0 Å². The summed E-state index contributed by atoms with van der Waals surface area (Å²) in [7, 11) is -2.70. The Hall–Kier alpha value is -2.05. The number of carbonyl (C=O) groups is 1. The van der Waals surface area contributed by atoms with E-state index in [-0.39, 0.29) is 4.90 Å². The number of hydrogen-bond acceptors (Lipinski definition) is 4. The summed E-state index contributed by atoms with van der Waals surface area (Å²) in [5.74, 6) is -0.654. The molecule has 5 nitrogen and oxygen atoms in total. The van der Waals surface area contributed by atoms with Crippen LogP contribution in [0, 0.1) is 13.8 Å². The largest absolute Gasteiger partial charge is 0.468 e. The fourth-order valence-electron chi connectivity index (χ4n) is 2.12. The predicted octanol–water partition coefficient (Wildman–Crippen LogP) is 3.33. The maximum atomic E-state index is 13.0. The maximum Gasteiger partial charge on any atom is 0.326 e. The summed E-state index contributed by atoms with van der Waals surface area (Å²) in [6.45, 7) is 3.21. The van der Waals surface area contributed by atoms with Gasteiger partial charge in [0.25, 0.3) is 10.0 Å². The molecule has 0 saturated heterocycles. The van der Waals surface area contributed by atoms with Crippen molar-refractivity contribution < 1.29 is 17.9 Å². The lowest BCUT2D eigenvalue weighted by molar-refractivity contribution is -0.138. The first kappa shape index (κ1) is 18.3. The first-order chi connectivity index (χ1) is 11.3. The molecule has 0 aliphatic carbocycles. The third kappa shape index (κ3) is 3.88. The van der Waals surface area contributed by atoms with Crippen LogP contribution >= 0.6 is 11.6 Å². The molecule has 0 aliphatic rings. The molecule has 128 valence electrons. The molecule has 24 heavy (non-hydrogen) atoms. The van der Waals surface area contributed by atoms with E-state index in [1.54, 1.807) is 37.3 Å². The Bertz CT molecular complexity index is 847. The van der Waals surface area contributed by atoms with Crippen molar-refractivity contribution in [2.45, 2.75) is 18.7 Å². The quantitative estimate of drug-likeness (QED) is 0.760.